The molecule has 0 atom stereocenters. The number of nitrogens with one attached hydrogen (secondary N) is 1. The van der Waals surface area contributed by atoms with Gasteiger partial charge < -0.3 is 14.6 Å². The molecule has 1 amide bonds. The monoisotopic (exact) mass is 407 g/mol. The number of aromatic nitrogens is 2. The summed E-state index contributed by atoms with van der Waals surface area (Å²) in [6.45, 7) is 8.14. The van der Waals surface area contributed by atoms with Gasteiger partial charge >= 0.3 is 0 Å². The summed E-state index contributed by atoms with van der Waals surface area (Å²) >= 11 is 0. The number of rotatable bonds is 11. The summed E-state index contributed by atoms with van der Waals surface area (Å²) in [5, 5.41) is 3.07. The van der Waals surface area contributed by atoms with E-state index in [-0.39, 0.29) is 11.8 Å². The molecular formula is C25H33N3O2. The van der Waals surface area contributed by atoms with E-state index in [1.807, 2.05) is 30.3 Å². The molecule has 0 saturated carbocycles. The highest BCUT2D eigenvalue weighted by Crippen LogP contribution is 2.18. The highest BCUT2D eigenvalue weighted by molar-refractivity contribution is 5.78. The van der Waals surface area contributed by atoms with Gasteiger partial charge in [0, 0.05) is 18.9 Å². The van der Waals surface area contributed by atoms with Gasteiger partial charge in [-0.1, -0.05) is 45.0 Å². The third-order valence-electron chi connectivity index (χ3n) is 5.65. The number of benzene rings is 2. The van der Waals surface area contributed by atoms with Crippen LogP contribution in [0.1, 0.15) is 45.0 Å². The Balaban J connectivity index is 1.64. The maximum atomic E-state index is 12.3. The summed E-state index contributed by atoms with van der Waals surface area (Å²) < 4.78 is 8.18. The van der Waals surface area contributed by atoms with Crippen molar-refractivity contribution in [1.29, 1.82) is 0 Å². The SMILES string of the molecule is CCc1ccc(OCCn2c(CCNC(=O)C(CC)CC)nc3ccccc32)cc1. The quantitative estimate of drug-likeness (QED) is 0.498. The van der Waals surface area contributed by atoms with Gasteiger partial charge in [0.1, 0.15) is 18.2 Å². The molecule has 0 aliphatic carbocycles. The third-order valence-corrected chi connectivity index (χ3v) is 5.65. The minimum absolute atomic E-state index is 0.0938. The molecule has 1 heterocycles. The van der Waals surface area contributed by atoms with Gasteiger partial charge in [0.05, 0.1) is 17.6 Å². The van der Waals surface area contributed by atoms with Gasteiger partial charge in [-0.05, 0) is 49.1 Å². The van der Waals surface area contributed by atoms with Gasteiger partial charge in [-0.25, -0.2) is 4.98 Å². The Morgan fingerprint density at radius 3 is 2.50 bits per heavy atom. The van der Waals surface area contributed by atoms with Crippen molar-refractivity contribution in [2.24, 2.45) is 5.92 Å². The van der Waals surface area contributed by atoms with Gasteiger partial charge in [-0.2, -0.15) is 0 Å². The second-order valence-electron chi connectivity index (χ2n) is 7.57. The van der Waals surface area contributed by atoms with Crippen molar-refractivity contribution < 1.29 is 9.53 Å². The first-order chi connectivity index (χ1) is 14.7. The molecule has 1 aromatic heterocycles. The number of carbonyl (C=O) groups excluding carboxylic acids is 1. The fourth-order valence-corrected chi connectivity index (χ4v) is 3.74. The van der Waals surface area contributed by atoms with Crippen LogP contribution in [0, 0.1) is 5.92 Å². The smallest absolute Gasteiger partial charge is 0.223 e. The number of hydrogen-bond donors (Lipinski definition) is 1. The second kappa shape index (κ2) is 10.8. The topological polar surface area (TPSA) is 56.1 Å². The molecule has 0 bridgehead atoms. The Labute approximate surface area is 179 Å². The highest BCUT2D eigenvalue weighted by atomic mass is 16.5. The van der Waals surface area contributed by atoms with E-state index in [4.69, 9.17) is 9.72 Å². The maximum absolute atomic E-state index is 12.3. The number of ether oxygens (including phenoxy) is 1. The normalized spacial score (nSPS) is 11.2. The van der Waals surface area contributed by atoms with E-state index in [1.165, 1.54) is 5.56 Å². The van der Waals surface area contributed by atoms with Crippen molar-refractivity contribution in [2.45, 2.75) is 53.0 Å². The molecule has 5 nitrogen and oxygen atoms in total. The molecular weight excluding hydrogens is 374 g/mol. The van der Waals surface area contributed by atoms with Crippen molar-refractivity contribution in [3.63, 3.8) is 0 Å². The van der Waals surface area contributed by atoms with E-state index in [0.717, 1.165) is 41.9 Å². The number of fused-ring (bicyclic) bond motifs is 1. The lowest BCUT2D eigenvalue weighted by Crippen LogP contribution is -2.32. The molecule has 0 spiro atoms. The zero-order valence-electron chi connectivity index (χ0n) is 18.4. The molecule has 1 N–H and O–H groups in total. The lowest BCUT2D eigenvalue weighted by molar-refractivity contribution is -0.125. The Bertz CT molecular complexity index is 943. The number of carbonyl (C=O) groups is 1. The first kappa shape index (κ1) is 21.9. The van der Waals surface area contributed by atoms with Gasteiger partial charge in [-0.3, -0.25) is 4.79 Å². The molecule has 5 heteroatoms. The lowest BCUT2D eigenvalue weighted by Gasteiger charge is -2.14. The average Bonchev–Trinajstić information content (AvgIpc) is 3.12. The van der Waals surface area contributed by atoms with Crippen LogP contribution in [0.5, 0.6) is 5.75 Å². The number of nitrogens with zero attached hydrogens (tertiary/aromatic N) is 2. The summed E-state index contributed by atoms with van der Waals surface area (Å²) in [4.78, 5) is 17.1. The molecule has 0 radical (unpaired) electrons. The molecule has 0 saturated heterocycles. The van der Waals surface area contributed by atoms with Crippen LogP contribution in [0.2, 0.25) is 0 Å². The summed E-state index contributed by atoms with van der Waals surface area (Å²) in [5.74, 6) is 2.10. The molecule has 3 rings (SSSR count). The van der Waals surface area contributed by atoms with Crippen molar-refractivity contribution in [2.75, 3.05) is 13.2 Å². The van der Waals surface area contributed by atoms with Gasteiger partial charge in [-0.15, -0.1) is 0 Å². The van der Waals surface area contributed by atoms with Crippen molar-refractivity contribution >= 4 is 16.9 Å². The zero-order valence-corrected chi connectivity index (χ0v) is 18.4. The lowest BCUT2D eigenvalue weighted by atomic mass is 10.0. The van der Waals surface area contributed by atoms with Gasteiger partial charge in [0.2, 0.25) is 5.91 Å². The zero-order chi connectivity index (χ0) is 21.3. The Morgan fingerprint density at radius 1 is 1.07 bits per heavy atom. The van der Waals surface area contributed by atoms with Gasteiger partial charge in [0.25, 0.3) is 0 Å². The molecule has 0 aliphatic heterocycles. The number of amides is 1. The fourth-order valence-electron chi connectivity index (χ4n) is 3.74. The number of para-hydroxylation sites is 2. The largest absolute Gasteiger partial charge is 0.492 e. The van der Waals surface area contributed by atoms with Crippen LogP contribution in [0.25, 0.3) is 11.0 Å². The Kier molecular flexibility index (Phi) is 7.89. The van der Waals surface area contributed by atoms with Crippen LogP contribution in [-0.4, -0.2) is 28.6 Å². The van der Waals surface area contributed by atoms with E-state index in [0.29, 0.717) is 26.1 Å². The molecule has 30 heavy (non-hydrogen) atoms. The van der Waals surface area contributed by atoms with Crippen LogP contribution >= 0.6 is 0 Å². The molecule has 0 fully saturated rings. The summed E-state index contributed by atoms with van der Waals surface area (Å²) in [6, 6.07) is 16.4. The average molecular weight is 408 g/mol. The van der Waals surface area contributed by atoms with Gasteiger partial charge in [0.15, 0.2) is 0 Å². The minimum Gasteiger partial charge on any atom is -0.492 e. The highest BCUT2D eigenvalue weighted by Gasteiger charge is 2.15. The fraction of sp³-hybridized carbons (Fsp3) is 0.440. The van der Waals surface area contributed by atoms with Crippen molar-refractivity contribution in [1.82, 2.24) is 14.9 Å². The van der Waals surface area contributed by atoms with Crippen LogP contribution in [0.3, 0.4) is 0 Å². The maximum Gasteiger partial charge on any atom is 0.223 e. The number of aryl methyl sites for hydroxylation is 1. The second-order valence-corrected chi connectivity index (χ2v) is 7.57. The first-order valence-corrected chi connectivity index (χ1v) is 11.1. The van der Waals surface area contributed by atoms with Crippen LogP contribution in [-0.2, 0) is 24.2 Å². The van der Waals surface area contributed by atoms with E-state index >= 15 is 0 Å². The summed E-state index contributed by atoms with van der Waals surface area (Å²) in [7, 11) is 0. The standard InChI is InChI=1S/C25H33N3O2/c1-4-19-11-13-21(14-12-19)30-18-17-28-23-10-8-7-9-22(23)27-24(28)15-16-26-25(29)20(5-2)6-3/h7-14,20H,4-6,15-18H2,1-3H3,(H,26,29). The Morgan fingerprint density at radius 2 is 1.80 bits per heavy atom. The van der Waals surface area contributed by atoms with Crippen LogP contribution in [0.15, 0.2) is 48.5 Å². The predicted molar refractivity (Wildman–Crippen MR) is 122 cm³/mol. The van der Waals surface area contributed by atoms with E-state index in [2.05, 4.69) is 48.9 Å². The van der Waals surface area contributed by atoms with Crippen molar-refractivity contribution in [3.05, 3.63) is 59.9 Å². The summed E-state index contributed by atoms with van der Waals surface area (Å²) in [5.41, 5.74) is 3.38. The molecule has 0 aliphatic rings. The molecule has 2 aromatic carbocycles. The van der Waals surface area contributed by atoms with E-state index in [9.17, 15) is 4.79 Å². The first-order valence-electron chi connectivity index (χ1n) is 11.1. The molecule has 0 unspecified atom stereocenters. The van der Waals surface area contributed by atoms with Crippen LogP contribution in [0.4, 0.5) is 0 Å². The van der Waals surface area contributed by atoms with E-state index < -0.39 is 0 Å². The third kappa shape index (κ3) is 5.41. The van der Waals surface area contributed by atoms with Crippen molar-refractivity contribution in [3.8, 4) is 5.75 Å². The molecule has 160 valence electrons. The molecule has 3 aromatic rings. The van der Waals surface area contributed by atoms with Crippen LogP contribution < -0.4 is 10.1 Å². The predicted octanol–water partition coefficient (Wildman–Crippen LogP) is 4.77. The number of hydrogen-bond acceptors (Lipinski definition) is 3. The minimum atomic E-state index is 0.0938. The Hall–Kier alpha value is -2.82. The van der Waals surface area contributed by atoms with E-state index in [1.54, 1.807) is 0 Å². The number of imidazole rings is 1. The summed E-state index contributed by atoms with van der Waals surface area (Å²) in [6.07, 6.45) is 3.47.